The molecule has 92 valence electrons. The van der Waals surface area contributed by atoms with Crippen molar-refractivity contribution in [1.82, 2.24) is 0 Å². The van der Waals surface area contributed by atoms with Gasteiger partial charge in [-0.3, -0.25) is 0 Å². The third-order valence-electron chi connectivity index (χ3n) is 3.11. The van der Waals surface area contributed by atoms with Crippen LogP contribution in [0.15, 0.2) is 0 Å². The Bertz CT molecular complexity index is 112. The fourth-order valence-electron chi connectivity index (χ4n) is 1.89. The molecule has 0 aromatic carbocycles. The Morgan fingerprint density at radius 2 is 1.20 bits per heavy atom. The molecule has 0 aliphatic rings. The van der Waals surface area contributed by atoms with Gasteiger partial charge >= 0.3 is 105 Å². The molecule has 0 spiro atoms. The first-order valence-corrected chi connectivity index (χ1v) is 8.07. The van der Waals surface area contributed by atoms with Gasteiger partial charge in [0.2, 0.25) is 0 Å². The number of unbranched alkanes of at least 4 members (excludes halogenated alkanes) is 8. The van der Waals surface area contributed by atoms with Gasteiger partial charge in [0.25, 0.3) is 0 Å². The predicted octanol–water partition coefficient (Wildman–Crippen LogP) is 5.01. The van der Waals surface area contributed by atoms with E-state index in [9.17, 15) is 0 Å². The fraction of sp³-hybridized carbons (Fsp3) is 1.00. The molecule has 0 nitrogen and oxygen atoms in total. The van der Waals surface area contributed by atoms with Crippen LogP contribution in [-0.2, 0) is 0 Å². The molecule has 0 aliphatic carbocycles. The summed E-state index contributed by atoms with van der Waals surface area (Å²) in [6.07, 6.45) is 15.8. The topological polar surface area (TPSA) is 0 Å². The van der Waals surface area contributed by atoms with Crippen molar-refractivity contribution in [2.24, 2.45) is 0 Å². The van der Waals surface area contributed by atoms with Crippen molar-refractivity contribution in [2.45, 2.75) is 89.3 Å². The average molecular weight is 277 g/mol. The first-order chi connectivity index (χ1) is 7.31. The first kappa shape index (κ1) is 15.5. The van der Waals surface area contributed by atoms with Crippen molar-refractivity contribution >= 4 is 16.0 Å². The average Bonchev–Trinajstić information content (AvgIpc) is 2.26. The Hall–Kier alpha value is 0.519. The summed E-state index contributed by atoms with van der Waals surface area (Å²) >= 11 is 2.82. The standard InChI is InChI=1S/C14H30Se/c1-3-5-6-7-8-9-10-11-12-13-14(15)4-2/h14-15H,3-13H2,1-2H3. The molecule has 0 N–H and O–H groups in total. The van der Waals surface area contributed by atoms with Crippen LogP contribution in [0, 0.1) is 0 Å². The normalized spacial score (nSPS) is 13.0. The Labute approximate surface area is 105 Å². The second-order valence-corrected chi connectivity index (χ2v) is 6.21. The maximum atomic E-state index is 2.82. The van der Waals surface area contributed by atoms with Crippen molar-refractivity contribution < 1.29 is 0 Å². The molecule has 0 saturated heterocycles. The van der Waals surface area contributed by atoms with Crippen LogP contribution >= 0.6 is 0 Å². The Morgan fingerprint density at radius 1 is 0.733 bits per heavy atom. The molecule has 0 aliphatic heterocycles. The first-order valence-electron chi connectivity index (χ1n) is 6.99. The van der Waals surface area contributed by atoms with E-state index in [0.717, 1.165) is 4.82 Å². The molecule has 0 fully saturated rings. The molecular weight excluding hydrogens is 247 g/mol. The van der Waals surface area contributed by atoms with Crippen LogP contribution in [0.3, 0.4) is 0 Å². The second kappa shape index (κ2) is 12.6. The fourth-order valence-corrected chi connectivity index (χ4v) is 2.28. The monoisotopic (exact) mass is 278 g/mol. The molecule has 0 radical (unpaired) electrons. The second-order valence-electron chi connectivity index (χ2n) is 4.68. The predicted molar refractivity (Wildman–Crippen MR) is 73.0 cm³/mol. The van der Waals surface area contributed by atoms with Gasteiger partial charge in [0.15, 0.2) is 0 Å². The minimum atomic E-state index is 0.891. The van der Waals surface area contributed by atoms with E-state index in [1.165, 1.54) is 70.6 Å². The summed E-state index contributed by atoms with van der Waals surface area (Å²) in [7, 11) is 0. The van der Waals surface area contributed by atoms with Crippen LogP contribution in [0.5, 0.6) is 0 Å². The van der Waals surface area contributed by atoms with Gasteiger partial charge in [-0.05, 0) is 0 Å². The Morgan fingerprint density at radius 3 is 1.67 bits per heavy atom. The summed E-state index contributed by atoms with van der Waals surface area (Å²) in [6, 6.07) is 0. The van der Waals surface area contributed by atoms with Crippen molar-refractivity contribution in [3.05, 3.63) is 0 Å². The third-order valence-corrected chi connectivity index (χ3v) is 4.42. The summed E-state index contributed by atoms with van der Waals surface area (Å²) in [5.41, 5.74) is 0. The third kappa shape index (κ3) is 12.5. The summed E-state index contributed by atoms with van der Waals surface area (Å²) in [4.78, 5) is 0.891. The molecule has 0 saturated carbocycles. The molecule has 15 heavy (non-hydrogen) atoms. The van der Waals surface area contributed by atoms with E-state index in [0.29, 0.717) is 0 Å². The molecule has 0 bridgehead atoms. The van der Waals surface area contributed by atoms with E-state index in [2.05, 4.69) is 29.9 Å². The molecule has 0 aromatic rings. The van der Waals surface area contributed by atoms with Crippen LogP contribution < -0.4 is 0 Å². The summed E-state index contributed by atoms with van der Waals surface area (Å²) < 4.78 is 0. The molecule has 0 rings (SSSR count). The number of hydrogen-bond acceptors (Lipinski definition) is 0. The quantitative estimate of drug-likeness (QED) is 0.368. The van der Waals surface area contributed by atoms with Crippen LogP contribution in [0.25, 0.3) is 0 Å². The van der Waals surface area contributed by atoms with Gasteiger partial charge in [0, 0.05) is 0 Å². The Kier molecular flexibility index (Phi) is 13.0. The van der Waals surface area contributed by atoms with Gasteiger partial charge in [0.05, 0.1) is 0 Å². The van der Waals surface area contributed by atoms with Crippen LogP contribution in [0.4, 0.5) is 0 Å². The molecule has 1 unspecified atom stereocenters. The van der Waals surface area contributed by atoms with Crippen LogP contribution in [0.2, 0.25) is 4.82 Å². The SMILES string of the molecule is CCCCCCCCCCCC([SeH])CC. The van der Waals surface area contributed by atoms with E-state index in [1.807, 2.05) is 0 Å². The zero-order valence-electron chi connectivity index (χ0n) is 10.8. The molecule has 1 atom stereocenters. The summed E-state index contributed by atoms with van der Waals surface area (Å²) in [6.45, 7) is 4.57. The summed E-state index contributed by atoms with van der Waals surface area (Å²) in [5, 5.41) is 0. The number of rotatable bonds is 11. The molecular formula is C14H30Se. The van der Waals surface area contributed by atoms with Crippen molar-refractivity contribution in [3.8, 4) is 0 Å². The van der Waals surface area contributed by atoms with Crippen LogP contribution in [-0.4, -0.2) is 16.0 Å². The minimum absolute atomic E-state index is 0.891. The Balaban J connectivity index is 2.92. The van der Waals surface area contributed by atoms with Gasteiger partial charge < -0.3 is 0 Å². The van der Waals surface area contributed by atoms with Gasteiger partial charge in [-0.15, -0.1) is 0 Å². The van der Waals surface area contributed by atoms with Crippen molar-refractivity contribution in [2.75, 3.05) is 0 Å². The number of hydrogen-bond donors (Lipinski definition) is 0. The molecule has 0 heterocycles. The molecule has 0 amide bonds. The van der Waals surface area contributed by atoms with Gasteiger partial charge in [-0.1, -0.05) is 0 Å². The maximum absolute atomic E-state index is 2.82. The van der Waals surface area contributed by atoms with Crippen molar-refractivity contribution in [3.63, 3.8) is 0 Å². The van der Waals surface area contributed by atoms with Gasteiger partial charge in [0.1, 0.15) is 0 Å². The van der Waals surface area contributed by atoms with E-state index in [1.54, 1.807) is 0 Å². The van der Waals surface area contributed by atoms with E-state index in [4.69, 9.17) is 0 Å². The van der Waals surface area contributed by atoms with E-state index >= 15 is 0 Å². The zero-order valence-corrected chi connectivity index (χ0v) is 12.7. The van der Waals surface area contributed by atoms with Crippen LogP contribution in [0.1, 0.15) is 84.5 Å². The van der Waals surface area contributed by atoms with Gasteiger partial charge in [-0.25, -0.2) is 0 Å². The molecule has 0 aromatic heterocycles. The van der Waals surface area contributed by atoms with Gasteiger partial charge in [-0.2, -0.15) is 0 Å². The van der Waals surface area contributed by atoms with Crippen molar-refractivity contribution in [1.29, 1.82) is 0 Å². The van der Waals surface area contributed by atoms with E-state index < -0.39 is 0 Å². The molecule has 1 heteroatoms. The van der Waals surface area contributed by atoms with E-state index in [-0.39, 0.29) is 0 Å². The zero-order chi connectivity index (χ0) is 11.4. The summed E-state index contributed by atoms with van der Waals surface area (Å²) in [5.74, 6) is 0.